The molecule has 0 bridgehead atoms. The van der Waals surface area contributed by atoms with Crippen LogP contribution in [0.15, 0.2) is 30.5 Å². The number of amides is 2. The molecule has 1 heterocycles. The number of aryl methyl sites for hydroxylation is 1. The highest BCUT2D eigenvalue weighted by atomic mass is 16.6. The number of carbonyl (C=O) groups is 3. The van der Waals surface area contributed by atoms with Crippen LogP contribution >= 0.6 is 0 Å². The predicted octanol–water partition coefficient (Wildman–Crippen LogP) is 2.59. The molecule has 2 aromatic rings. The molecule has 1 aromatic carbocycles. The maximum atomic E-state index is 12.7. The molecular weight excluding hydrogens is 374 g/mol. The summed E-state index contributed by atoms with van der Waals surface area (Å²) in [5.41, 5.74) is -0.276. The van der Waals surface area contributed by atoms with Gasteiger partial charge < -0.3 is 25.0 Å². The van der Waals surface area contributed by atoms with Crippen molar-refractivity contribution in [2.75, 3.05) is 0 Å². The summed E-state index contributed by atoms with van der Waals surface area (Å²) in [6, 6.07) is 6.51. The fraction of sp³-hybridized carbons (Fsp3) is 0.476. The smallest absolute Gasteiger partial charge is 0.408 e. The molecule has 0 radical (unpaired) electrons. The van der Waals surface area contributed by atoms with E-state index in [0.29, 0.717) is 0 Å². The molecule has 158 valence electrons. The minimum atomic E-state index is -1.35. The summed E-state index contributed by atoms with van der Waals surface area (Å²) in [5, 5.41) is 15.6. The number of aromatic nitrogens is 1. The van der Waals surface area contributed by atoms with Gasteiger partial charge in [-0.15, -0.1) is 0 Å². The molecular formula is C21H29N3O5. The Morgan fingerprint density at radius 3 is 2.34 bits per heavy atom. The molecule has 8 heteroatoms. The van der Waals surface area contributed by atoms with Gasteiger partial charge in [0.05, 0.1) is 0 Å². The van der Waals surface area contributed by atoms with Crippen molar-refractivity contribution in [3.05, 3.63) is 36.0 Å². The third-order valence-corrected chi connectivity index (χ3v) is 4.39. The molecule has 0 spiro atoms. The van der Waals surface area contributed by atoms with Crippen molar-refractivity contribution in [2.24, 2.45) is 7.05 Å². The van der Waals surface area contributed by atoms with Gasteiger partial charge in [-0.3, -0.25) is 4.79 Å². The zero-order chi connectivity index (χ0) is 22.0. The number of hydrogen-bond acceptors (Lipinski definition) is 4. The second-order valence-electron chi connectivity index (χ2n) is 8.60. The Morgan fingerprint density at radius 2 is 1.76 bits per heavy atom. The Morgan fingerprint density at radius 1 is 1.14 bits per heavy atom. The topological polar surface area (TPSA) is 110 Å². The Kier molecular flexibility index (Phi) is 6.25. The number of para-hydroxylation sites is 1. The number of hydrogen-bond donors (Lipinski definition) is 3. The fourth-order valence-electron chi connectivity index (χ4n) is 2.96. The summed E-state index contributed by atoms with van der Waals surface area (Å²) in [6.07, 6.45) is 1.22. The quantitative estimate of drug-likeness (QED) is 0.687. The number of carboxylic acid groups (broad SMARTS) is 1. The highest BCUT2D eigenvalue weighted by Gasteiger charge is 2.34. The molecule has 0 aliphatic carbocycles. The van der Waals surface area contributed by atoms with E-state index in [9.17, 15) is 19.5 Å². The molecule has 2 amide bonds. The first-order valence-corrected chi connectivity index (χ1v) is 9.38. The van der Waals surface area contributed by atoms with Crippen molar-refractivity contribution < 1.29 is 24.2 Å². The second-order valence-corrected chi connectivity index (χ2v) is 8.60. The van der Waals surface area contributed by atoms with E-state index in [1.807, 2.05) is 42.1 Å². The highest BCUT2D eigenvalue weighted by molar-refractivity contribution is 5.92. The number of nitrogens with one attached hydrogen (secondary N) is 2. The number of carboxylic acids is 1. The molecule has 0 saturated heterocycles. The van der Waals surface area contributed by atoms with E-state index < -0.39 is 35.2 Å². The normalized spacial score (nSPS) is 13.0. The Hall–Kier alpha value is -3.03. The molecule has 3 N–H and O–H groups in total. The fourth-order valence-corrected chi connectivity index (χ4v) is 2.96. The van der Waals surface area contributed by atoms with Crippen molar-refractivity contribution >= 4 is 28.9 Å². The van der Waals surface area contributed by atoms with Crippen LogP contribution in [-0.4, -0.2) is 44.8 Å². The van der Waals surface area contributed by atoms with Gasteiger partial charge in [-0.2, -0.15) is 0 Å². The summed E-state index contributed by atoms with van der Waals surface area (Å²) in [4.78, 5) is 36.5. The molecule has 1 aromatic heterocycles. The third kappa shape index (κ3) is 5.73. The Labute approximate surface area is 170 Å². The van der Waals surface area contributed by atoms with Crippen molar-refractivity contribution in [1.82, 2.24) is 15.2 Å². The monoisotopic (exact) mass is 403 g/mol. The predicted molar refractivity (Wildman–Crippen MR) is 110 cm³/mol. The number of carbonyl (C=O) groups excluding carboxylic acids is 2. The van der Waals surface area contributed by atoms with Gasteiger partial charge in [0.15, 0.2) is 0 Å². The van der Waals surface area contributed by atoms with Crippen LogP contribution in [0.1, 0.15) is 40.2 Å². The van der Waals surface area contributed by atoms with Crippen molar-refractivity contribution in [2.45, 2.75) is 58.2 Å². The standard InChI is InChI=1S/C21H29N3O5/c1-20(2,3)29-19(28)23-21(4,5)18(27)22-15(17(25)26)11-13-12-24(6)16-10-8-7-9-14(13)16/h7-10,12,15H,11H2,1-6H3,(H,22,27)(H,23,28)(H,25,26). The first-order valence-electron chi connectivity index (χ1n) is 9.38. The minimum Gasteiger partial charge on any atom is -0.480 e. The lowest BCUT2D eigenvalue weighted by Gasteiger charge is -2.29. The average molecular weight is 403 g/mol. The zero-order valence-corrected chi connectivity index (χ0v) is 17.7. The van der Waals surface area contributed by atoms with Gasteiger partial charge in [0.1, 0.15) is 17.2 Å². The Balaban J connectivity index is 2.14. The van der Waals surface area contributed by atoms with E-state index in [-0.39, 0.29) is 6.42 Å². The number of aliphatic carboxylic acids is 1. The van der Waals surface area contributed by atoms with E-state index >= 15 is 0 Å². The number of ether oxygens (including phenoxy) is 1. The largest absolute Gasteiger partial charge is 0.480 e. The molecule has 8 nitrogen and oxygen atoms in total. The third-order valence-electron chi connectivity index (χ3n) is 4.39. The lowest BCUT2D eigenvalue weighted by Crippen LogP contribution is -2.58. The highest BCUT2D eigenvalue weighted by Crippen LogP contribution is 2.22. The van der Waals surface area contributed by atoms with Gasteiger partial charge in [-0.1, -0.05) is 18.2 Å². The average Bonchev–Trinajstić information content (AvgIpc) is 2.88. The van der Waals surface area contributed by atoms with E-state index in [0.717, 1.165) is 16.5 Å². The van der Waals surface area contributed by atoms with E-state index in [2.05, 4.69) is 10.6 Å². The second kappa shape index (κ2) is 8.14. The molecule has 2 rings (SSSR count). The van der Waals surface area contributed by atoms with Crippen molar-refractivity contribution in [3.8, 4) is 0 Å². The molecule has 0 aliphatic heterocycles. The summed E-state index contributed by atoms with van der Waals surface area (Å²) in [6.45, 7) is 8.12. The molecule has 0 aliphatic rings. The summed E-state index contributed by atoms with van der Waals surface area (Å²) in [7, 11) is 1.88. The number of nitrogens with zero attached hydrogens (tertiary/aromatic N) is 1. The lowest BCUT2D eigenvalue weighted by molar-refractivity contribution is -0.142. The van der Waals surface area contributed by atoms with Gasteiger partial charge in [0, 0.05) is 30.6 Å². The van der Waals surface area contributed by atoms with Crippen molar-refractivity contribution in [3.63, 3.8) is 0 Å². The van der Waals surface area contributed by atoms with E-state index in [4.69, 9.17) is 4.74 Å². The SMILES string of the molecule is Cn1cc(CC(NC(=O)C(C)(C)NC(=O)OC(C)(C)C)C(=O)O)c2ccccc21. The molecule has 29 heavy (non-hydrogen) atoms. The van der Waals surface area contributed by atoms with E-state index in [1.54, 1.807) is 20.8 Å². The number of benzene rings is 1. The van der Waals surface area contributed by atoms with Crippen LogP contribution in [0.25, 0.3) is 10.9 Å². The summed E-state index contributed by atoms with van der Waals surface area (Å²) >= 11 is 0. The van der Waals surface area contributed by atoms with Crippen LogP contribution in [0.2, 0.25) is 0 Å². The molecule has 1 atom stereocenters. The van der Waals surface area contributed by atoms with Crippen LogP contribution in [0.4, 0.5) is 4.79 Å². The Bertz CT molecular complexity index is 924. The van der Waals surface area contributed by atoms with Gasteiger partial charge in [-0.25, -0.2) is 9.59 Å². The summed E-state index contributed by atoms with van der Waals surface area (Å²) in [5.74, 6) is -1.77. The maximum absolute atomic E-state index is 12.7. The van der Waals surface area contributed by atoms with Gasteiger partial charge in [-0.05, 0) is 46.2 Å². The molecule has 0 fully saturated rings. The lowest BCUT2D eigenvalue weighted by atomic mass is 10.0. The summed E-state index contributed by atoms with van der Waals surface area (Å²) < 4.78 is 7.09. The van der Waals surface area contributed by atoms with Crippen LogP contribution in [0.3, 0.4) is 0 Å². The van der Waals surface area contributed by atoms with Gasteiger partial charge >= 0.3 is 12.1 Å². The van der Waals surface area contributed by atoms with Crippen LogP contribution < -0.4 is 10.6 Å². The molecule has 1 unspecified atom stereocenters. The zero-order valence-electron chi connectivity index (χ0n) is 17.7. The first-order chi connectivity index (χ1) is 13.3. The van der Waals surface area contributed by atoms with Gasteiger partial charge in [0.25, 0.3) is 0 Å². The first kappa shape index (κ1) is 22.3. The van der Waals surface area contributed by atoms with Crippen LogP contribution in [0, 0.1) is 0 Å². The van der Waals surface area contributed by atoms with Crippen LogP contribution in [0.5, 0.6) is 0 Å². The minimum absolute atomic E-state index is 0.116. The maximum Gasteiger partial charge on any atom is 0.408 e. The van der Waals surface area contributed by atoms with Crippen LogP contribution in [-0.2, 0) is 27.8 Å². The van der Waals surface area contributed by atoms with E-state index in [1.165, 1.54) is 13.8 Å². The number of rotatable bonds is 6. The van der Waals surface area contributed by atoms with Crippen molar-refractivity contribution in [1.29, 1.82) is 0 Å². The number of fused-ring (bicyclic) bond motifs is 1. The van der Waals surface area contributed by atoms with Gasteiger partial charge in [0.2, 0.25) is 5.91 Å². The number of alkyl carbamates (subject to hydrolysis) is 1. The molecule has 0 saturated carbocycles.